The number of H-pyrrole nitrogens is 1. The van der Waals surface area contributed by atoms with E-state index in [1.54, 1.807) is 41.3 Å². The van der Waals surface area contributed by atoms with Gasteiger partial charge in [0.2, 0.25) is 5.95 Å². The second-order valence-electron chi connectivity index (χ2n) is 6.33. The van der Waals surface area contributed by atoms with Gasteiger partial charge in [-0.15, -0.1) is 0 Å². The predicted molar refractivity (Wildman–Crippen MR) is 92.0 cm³/mol. The maximum Gasteiger partial charge on any atom is 0.224 e. The molecule has 25 heavy (non-hydrogen) atoms. The molecule has 6 nitrogen and oxygen atoms in total. The van der Waals surface area contributed by atoms with Crippen molar-refractivity contribution in [3.05, 3.63) is 42.3 Å². The summed E-state index contributed by atoms with van der Waals surface area (Å²) in [6, 6.07) is 10.0. The molecular weight excluding hydrogens is 325 g/mol. The van der Waals surface area contributed by atoms with Crippen LogP contribution in [0.15, 0.2) is 36.4 Å². The van der Waals surface area contributed by atoms with E-state index in [-0.39, 0.29) is 12.3 Å². The van der Waals surface area contributed by atoms with Crippen LogP contribution in [0.25, 0.3) is 22.2 Å². The van der Waals surface area contributed by atoms with Crippen LogP contribution in [-0.2, 0) is 0 Å². The molecule has 0 unspecified atom stereocenters. The lowest BCUT2D eigenvalue weighted by molar-refractivity contribution is 0.00784. The van der Waals surface area contributed by atoms with Crippen LogP contribution >= 0.6 is 0 Å². The summed E-state index contributed by atoms with van der Waals surface area (Å²) < 4.78 is 14.6. The Morgan fingerprint density at radius 3 is 2.72 bits per heavy atom. The third-order valence-electron chi connectivity index (χ3n) is 4.60. The van der Waals surface area contributed by atoms with E-state index in [2.05, 4.69) is 9.97 Å². The molecule has 130 valence electrons. The highest BCUT2D eigenvalue weighted by Crippen LogP contribution is 2.29. The number of rotatable bonds is 2. The van der Waals surface area contributed by atoms with Crippen molar-refractivity contribution in [2.24, 2.45) is 0 Å². The molecule has 3 heterocycles. The summed E-state index contributed by atoms with van der Waals surface area (Å²) in [6.45, 7) is 0.730. The third-order valence-corrected chi connectivity index (χ3v) is 4.60. The Labute approximate surface area is 143 Å². The van der Waals surface area contributed by atoms with Crippen LogP contribution in [0.2, 0.25) is 0 Å². The van der Waals surface area contributed by atoms with Crippen molar-refractivity contribution in [2.75, 3.05) is 18.0 Å². The predicted octanol–water partition coefficient (Wildman–Crippen LogP) is 2.01. The van der Waals surface area contributed by atoms with E-state index >= 15 is 0 Å². The summed E-state index contributed by atoms with van der Waals surface area (Å²) in [7, 11) is 0. The molecule has 1 saturated heterocycles. The number of nitrogens with zero attached hydrogens (tertiary/aromatic N) is 2. The first-order chi connectivity index (χ1) is 12.0. The van der Waals surface area contributed by atoms with Crippen molar-refractivity contribution >= 4 is 16.7 Å². The van der Waals surface area contributed by atoms with Gasteiger partial charge in [-0.25, -0.2) is 4.98 Å². The Kier molecular flexibility index (Phi) is 3.82. The quantitative estimate of drug-likeness (QED) is 0.534. The summed E-state index contributed by atoms with van der Waals surface area (Å²) in [5.41, 5.74) is 1.70. The van der Waals surface area contributed by atoms with Crippen LogP contribution in [0.5, 0.6) is 5.75 Å². The number of pyridine rings is 1. The highest BCUT2D eigenvalue weighted by molar-refractivity contribution is 5.87. The van der Waals surface area contributed by atoms with Crippen molar-refractivity contribution in [3.8, 4) is 17.0 Å². The molecule has 1 aliphatic rings. The minimum Gasteiger partial charge on any atom is -0.508 e. The lowest BCUT2D eigenvalue weighted by Gasteiger charge is -2.34. The first kappa shape index (κ1) is 15.9. The normalized spacial score (nSPS) is 21.0. The fourth-order valence-electron chi connectivity index (χ4n) is 3.19. The van der Waals surface area contributed by atoms with E-state index in [4.69, 9.17) is 0 Å². The molecule has 3 aromatic rings. The number of hydrogen-bond acceptors (Lipinski definition) is 5. The van der Waals surface area contributed by atoms with Gasteiger partial charge in [0.1, 0.15) is 11.6 Å². The van der Waals surface area contributed by atoms with Gasteiger partial charge in [-0.2, -0.15) is 4.39 Å². The average Bonchev–Trinajstić information content (AvgIpc) is 3.00. The van der Waals surface area contributed by atoms with E-state index < -0.39 is 18.2 Å². The SMILES string of the molecule is Oc1ccc2[nH]c(-c3ccc(N4CC[C@H](O)[C@H](O)C4)nc3F)cc2c1. The molecule has 0 bridgehead atoms. The first-order valence-corrected chi connectivity index (χ1v) is 8.11. The first-order valence-electron chi connectivity index (χ1n) is 8.11. The minimum absolute atomic E-state index is 0.151. The number of aliphatic hydroxyl groups excluding tert-OH is 2. The van der Waals surface area contributed by atoms with E-state index in [9.17, 15) is 19.7 Å². The number of phenols is 1. The molecule has 1 aliphatic heterocycles. The average molecular weight is 343 g/mol. The Bertz CT molecular complexity index is 927. The monoisotopic (exact) mass is 343 g/mol. The molecule has 2 atom stereocenters. The van der Waals surface area contributed by atoms with Crippen molar-refractivity contribution in [2.45, 2.75) is 18.6 Å². The molecule has 0 radical (unpaired) electrons. The van der Waals surface area contributed by atoms with Crippen LogP contribution < -0.4 is 4.90 Å². The van der Waals surface area contributed by atoms with Crippen molar-refractivity contribution in [1.82, 2.24) is 9.97 Å². The molecular formula is C18H18FN3O3. The number of aromatic hydroxyl groups is 1. The number of nitrogens with one attached hydrogen (secondary N) is 1. The van der Waals surface area contributed by atoms with Gasteiger partial charge in [-0.05, 0) is 42.8 Å². The lowest BCUT2D eigenvalue weighted by atomic mass is 10.1. The second-order valence-corrected chi connectivity index (χ2v) is 6.33. The molecule has 0 amide bonds. The van der Waals surface area contributed by atoms with Gasteiger partial charge in [0, 0.05) is 24.0 Å². The molecule has 0 spiro atoms. The minimum atomic E-state index is -0.861. The zero-order chi connectivity index (χ0) is 17.6. The van der Waals surface area contributed by atoms with Gasteiger partial charge < -0.3 is 25.2 Å². The number of hydrogen-bond donors (Lipinski definition) is 4. The van der Waals surface area contributed by atoms with Crippen LogP contribution in [-0.4, -0.2) is 50.6 Å². The van der Waals surface area contributed by atoms with Gasteiger partial charge in [0.15, 0.2) is 0 Å². The summed E-state index contributed by atoms with van der Waals surface area (Å²) in [6.07, 6.45) is -1.19. The third kappa shape index (κ3) is 2.92. The van der Waals surface area contributed by atoms with Crippen LogP contribution in [0.1, 0.15) is 6.42 Å². The number of piperidine rings is 1. The number of aromatic amines is 1. The van der Waals surface area contributed by atoms with E-state index in [0.717, 1.165) is 10.9 Å². The Balaban J connectivity index is 1.65. The number of aromatic nitrogens is 2. The largest absolute Gasteiger partial charge is 0.508 e. The smallest absolute Gasteiger partial charge is 0.224 e. The number of halogens is 1. The van der Waals surface area contributed by atoms with Gasteiger partial charge in [-0.3, -0.25) is 0 Å². The number of fused-ring (bicyclic) bond motifs is 1. The van der Waals surface area contributed by atoms with Crippen LogP contribution in [0.3, 0.4) is 0 Å². The van der Waals surface area contributed by atoms with Gasteiger partial charge in [-0.1, -0.05) is 0 Å². The maximum atomic E-state index is 14.6. The molecule has 0 aliphatic carbocycles. The molecule has 0 saturated carbocycles. The van der Waals surface area contributed by atoms with Gasteiger partial charge in [0.05, 0.1) is 23.5 Å². The number of aliphatic hydroxyl groups is 2. The lowest BCUT2D eigenvalue weighted by Crippen LogP contribution is -2.47. The van der Waals surface area contributed by atoms with Crippen molar-refractivity contribution in [1.29, 1.82) is 0 Å². The summed E-state index contributed by atoms with van der Waals surface area (Å²) in [5.74, 6) is -0.0346. The maximum absolute atomic E-state index is 14.6. The van der Waals surface area contributed by atoms with E-state index in [0.29, 0.717) is 30.0 Å². The molecule has 7 heteroatoms. The number of phenolic OH excluding ortho intramolecular Hbond substituents is 1. The Morgan fingerprint density at radius 2 is 1.96 bits per heavy atom. The summed E-state index contributed by atoms with van der Waals surface area (Å²) in [4.78, 5) is 8.89. The van der Waals surface area contributed by atoms with E-state index in [1.807, 2.05) is 0 Å². The van der Waals surface area contributed by atoms with Crippen LogP contribution in [0, 0.1) is 5.95 Å². The van der Waals surface area contributed by atoms with E-state index in [1.165, 1.54) is 0 Å². The number of benzene rings is 1. The Hall–Kier alpha value is -2.64. The topological polar surface area (TPSA) is 92.6 Å². The fraction of sp³-hybridized carbons (Fsp3) is 0.278. The zero-order valence-corrected chi connectivity index (χ0v) is 13.4. The molecule has 2 aromatic heterocycles. The Morgan fingerprint density at radius 1 is 1.12 bits per heavy atom. The molecule has 1 fully saturated rings. The summed E-state index contributed by atoms with van der Waals surface area (Å²) in [5, 5.41) is 29.7. The van der Waals surface area contributed by atoms with Gasteiger partial charge >= 0.3 is 0 Å². The summed E-state index contributed by atoms with van der Waals surface area (Å²) >= 11 is 0. The van der Waals surface area contributed by atoms with Crippen LogP contribution in [0.4, 0.5) is 10.2 Å². The highest BCUT2D eigenvalue weighted by atomic mass is 19.1. The molecule has 1 aromatic carbocycles. The highest BCUT2D eigenvalue weighted by Gasteiger charge is 2.27. The van der Waals surface area contributed by atoms with Gasteiger partial charge in [0.25, 0.3) is 0 Å². The second kappa shape index (κ2) is 6.02. The fourth-order valence-corrected chi connectivity index (χ4v) is 3.19. The standard InChI is InChI=1S/C18H18FN3O3/c19-18-12(14-8-10-7-11(23)1-3-13(10)20-14)2-4-17(21-18)22-6-5-15(24)16(25)9-22/h1-4,7-8,15-16,20,23-25H,5-6,9H2/t15-,16+/m0/s1. The molecule has 4 rings (SSSR count). The number of β-amino-alcohol motifs (C(OH)–C–C–N with tert-alkyl or cyclic N) is 1. The van der Waals surface area contributed by atoms with Crippen molar-refractivity contribution in [3.63, 3.8) is 0 Å². The molecule has 4 N–H and O–H groups in total. The zero-order valence-electron chi connectivity index (χ0n) is 13.4. The van der Waals surface area contributed by atoms with Crippen molar-refractivity contribution < 1.29 is 19.7 Å². The number of anilines is 1.